The predicted molar refractivity (Wildman–Crippen MR) is 36.6 cm³/mol. The highest BCUT2D eigenvalue weighted by Gasteiger charge is 2.25. The molecule has 1 fully saturated rings. The first-order valence-electron chi connectivity index (χ1n) is 2.81. The molecule has 56 valence electrons. The minimum absolute atomic E-state index is 0.00267. The van der Waals surface area contributed by atoms with E-state index >= 15 is 0 Å². The standard InChI is InChI=1S/C5H7NO3S/c7-3-1-4(6-3)10-2-5(8)9/h4H,1-2H2,(H,6,7)(H,8,9)/t4-/m1/s1. The topological polar surface area (TPSA) is 66.4 Å². The summed E-state index contributed by atoms with van der Waals surface area (Å²) in [6.07, 6.45) is 0.456. The Labute approximate surface area is 62.0 Å². The van der Waals surface area contributed by atoms with Crippen LogP contribution in [0.3, 0.4) is 0 Å². The predicted octanol–water partition coefficient (Wildman–Crippen LogP) is -0.350. The quantitative estimate of drug-likeness (QED) is 0.555. The summed E-state index contributed by atoms with van der Waals surface area (Å²) in [6, 6.07) is 0. The van der Waals surface area contributed by atoms with Crippen LogP contribution in [0.1, 0.15) is 6.42 Å². The number of carbonyl (C=O) groups excluding carboxylic acids is 1. The third-order valence-corrected chi connectivity index (χ3v) is 2.20. The number of carboxylic acids is 1. The molecule has 1 atom stereocenters. The van der Waals surface area contributed by atoms with Crippen molar-refractivity contribution in [2.45, 2.75) is 11.8 Å². The molecule has 0 bridgehead atoms. The highest BCUT2D eigenvalue weighted by atomic mass is 32.2. The molecule has 0 unspecified atom stereocenters. The van der Waals surface area contributed by atoms with Gasteiger partial charge in [0.05, 0.1) is 17.5 Å². The van der Waals surface area contributed by atoms with E-state index in [-0.39, 0.29) is 17.0 Å². The lowest BCUT2D eigenvalue weighted by Crippen LogP contribution is -2.46. The molecule has 2 N–H and O–H groups in total. The number of nitrogens with one attached hydrogen (secondary N) is 1. The summed E-state index contributed by atoms with van der Waals surface area (Å²) in [7, 11) is 0. The molecule has 0 spiro atoms. The Balaban J connectivity index is 2.05. The van der Waals surface area contributed by atoms with Crippen molar-refractivity contribution in [1.82, 2.24) is 5.32 Å². The minimum Gasteiger partial charge on any atom is -0.481 e. The molecule has 1 saturated heterocycles. The zero-order valence-corrected chi connectivity index (χ0v) is 5.98. The van der Waals surface area contributed by atoms with Crippen LogP contribution in [0.4, 0.5) is 0 Å². The lowest BCUT2D eigenvalue weighted by Gasteiger charge is -2.25. The van der Waals surface area contributed by atoms with Crippen molar-refractivity contribution in [1.29, 1.82) is 0 Å². The average Bonchev–Trinajstić information content (AvgIpc) is 1.77. The monoisotopic (exact) mass is 161 g/mol. The van der Waals surface area contributed by atoms with Gasteiger partial charge < -0.3 is 10.4 Å². The number of amides is 1. The molecule has 0 aliphatic carbocycles. The zero-order chi connectivity index (χ0) is 7.56. The molecule has 1 aliphatic heterocycles. The second-order valence-corrected chi connectivity index (χ2v) is 3.16. The van der Waals surface area contributed by atoms with Crippen LogP contribution in [0.15, 0.2) is 0 Å². The first kappa shape index (κ1) is 7.40. The number of β-lactam (4-membered cyclic amide) rings is 1. The summed E-state index contributed by atoms with van der Waals surface area (Å²) in [4.78, 5) is 20.3. The maximum absolute atomic E-state index is 10.3. The van der Waals surface area contributed by atoms with E-state index in [0.29, 0.717) is 6.42 Å². The summed E-state index contributed by atoms with van der Waals surface area (Å²) in [5.74, 6) is -0.778. The maximum atomic E-state index is 10.3. The van der Waals surface area contributed by atoms with Gasteiger partial charge in [0.15, 0.2) is 0 Å². The molecule has 4 nitrogen and oxygen atoms in total. The number of hydrogen-bond acceptors (Lipinski definition) is 3. The molecule has 0 saturated carbocycles. The van der Waals surface area contributed by atoms with E-state index in [1.165, 1.54) is 11.8 Å². The SMILES string of the molecule is O=C(O)CS[C@@H]1CC(=O)N1. The summed E-state index contributed by atoms with van der Waals surface area (Å²) in [6.45, 7) is 0. The fourth-order valence-electron chi connectivity index (χ4n) is 0.599. The fourth-order valence-corrected chi connectivity index (χ4v) is 1.43. The number of hydrogen-bond donors (Lipinski definition) is 2. The molecule has 0 radical (unpaired) electrons. The third kappa shape index (κ3) is 1.91. The molecule has 10 heavy (non-hydrogen) atoms. The van der Waals surface area contributed by atoms with Gasteiger partial charge >= 0.3 is 5.97 Å². The maximum Gasteiger partial charge on any atom is 0.313 e. The molecule has 0 aromatic heterocycles. The molecule has 1 aliphatic rings. The second kappa shape index (κ2) is 2.92. The lowest BCUT2D eigenvalue weighted by atomic mass is 10.3. The van der Waals surface area contributed by atoms with Crippen LogP contribution in [-0.4, -0.2) is 28.1 Å². The first-order chi connectivity index (χ1) is 4.68. The van der Waals surface area contributed by atoms with Crippen LogP contribution in [-0.2, 0) is 9.59 Å². The van der Waals surface area contributed by atoms with Crippen molar-refractivity contribution in [3.05, 3.63) is 0 Å². The van der Waals surface area contributed by atoms with Crippen LogP contribution in [0.2, 0.25) is 0 Å². The Hall–Kier alpha value is -0.710. The Morgan fingerprint density at radius 1 is 1.90 bits per heavy atom. The van der Waals surface area contributed by atoms with Crippen LogP contribution >= 0.6 is 11.8 Å². The molecular weight excluding hydrogens is 154 g/mol. The van der Waals surface area contributed by atoms with Crippen molar-refractivity contribution >= 4 is 23.6 Å². The first-order valence-corrected chi connectivity index (χ1v) is 3.86. The van der Waals surface area contributed by atoms with Crippen molar-refractivity contribution in [2.75, 3.05) is 5.75 Å². The van der Waals surface area contributed by atoms with Gasteiger partial charge in [-0.3, -0.25) is 9.59 Å². The number of thioether (sulfide) groups is 1. The van der Waals surface area contributed by atoms with Crippen LogP contribution in [0, 0.1) is 0 Å². The fraction of sp³-hybridized carbons (Fsp3) is 0.600. The number of carbonyl (C=O) groups is 2. The smallest absolute Gasteiger partial charge is 0.313 e. The summed E-state index contributed by atoms with van der Waals surface area (Å²) < 4.78 is 0. The van der Waals surface area contributed by atoms with Gasteiger partial charge in [0.2, 0.25) is 5.91 Å². The Morgan fingerprint density at radius 3 is 2.90 bits per heavy atom. The largest absolute Gasteiger partial charge is 0.481 e. The molecule has 1 rings (SSSR count). The normalized spacial score (nSPS) is 23.2. The average molecular weight is 161 g/mol. The van der Waals surface area contributed by atoms with E-state index < -0.39 is 5.97 Å². The molecule has 1 heterocycles. The van der Waals surface area contributed by atoms with E-state index in [1.54, 1.807) is 0 Å². The summed E-state index contributed by atoms with van der Waals surface area (Å²) in [5, 5.41) is 10.8. The summed E-state index contributed by atoms with van der Waals surface area (Å²) in [5.41, 5.74) is 0. The van der Waals surface area contributed by atoms with E-state index in [2.05, 4.69) is 5.32 Å². The third-order valence-electron chi connectivity index (χ3n) is 1.10. The highest BCUT2D eigenvalue weighted by Crippen LogP contribution is 2.17. The van der Waals surface area contributed by atoms with Crippen molar-refractivity contribution in [3.8, 4) is 0 Å². The number of rotatable bonds is 3. The number of aliphatic carboxylic acids is 1. The molecular formula is C5H7NO3S. The van der Waals surface area contributed by atoms with E-state index in [9.17, 15) is 9.59 Å². The van der Waals surface area contributed by atoms with E-state index in [4.69, 9.17) is 5.11 Å². The second-order valence-electron chi connectivity index (χ2n) is 1.97. The minimum atomic E-state index is -0.842. The van der Waals surface area contributed by atoms with Gasteiger partial charge in [-0.1, -0.05) is 0 Å². The molecule has 0 aromatic rings. The van der Waals surface area contributed by atoms with E-state index in [0.717, 1.165) is 0 Å². The van der Waals surface area contributed by atoms with Crippen molar-refractivity contribution in [2.24, 2.45) is 0 Å². The molecule has 1 amide bonds. The highest BCUT2D eigenvalue weighted by molar-refractivity contribution is 8.00. The molecule has 0 aromatic carbocycles. The summed E-state index contributed by atoms with van der Waals surface area (Å²) >= 11 is 1.24. The van der Waals surface area contributed by atoms with Crippen LogP contribution in [0.5, 0.6) is 0 Å². The van der Waals surface area contributed by atoms with Gasteiger partial charge in [0.25, 0.3) is 0 Å². The lowest BCUT2D eigenvalue weighted by molar-refractivity contribution is -0.134. The van der Waals surface area contributed by atoms with Gasteiger partial charge in [-0.2, -0.15) is 0 Å². The Kier molecular flexibility index (Phi) is 2.16. The van der Waals surface area contributed by atoms with Gasteiger partial charge in [-0.25, -0.2) is 0 Å². The van der Waals surface area contributed by atoms with Gasteiger partial charge in [-0.15, -0.1) is 11.8 Å². The van der Waals surface area contributed by atoms with Crippen LogP contribution in [0.25, 0.3) is 0 Å². The Bertz CT molecular complexity index is 162. The Morgan fingerprint density at radius 2 is 2.50 bits per heavy atom. The van der Waals surface area contributed by atoms with Gasteiger partial charge in [0.1, 0.15) is 0 Å². The molecule has 5 heteroatoms. The van der Waals surface area contributed by atoms with Crippen molar-refractivity contribution < 1.29 is 14.7 Å². The van der Waals surface area contributed by atoms with Crippen molar-refractivity contribution in [3.63, 3.8) is 0 Å². The van der Waals surface area contributed by atoms with Crippen LogP contribution < -0.4 is 5.32 Å². The van der Waals surface area contributed by atoms with Gasteiger partial charge in [0, 0.05) is 0 Å². The number of carboxylic acid groups (broad SMARTS) is 1. The van der Waals surface area contributed by atoms with Gasteiger partial charge in [-0.05, 0) is 0 Å². The van der Waals surface area contributed by atoms with E-state index in [1.807, 2.05) is 0 Å². The zero-order valence-electron chi connectivity index (χ0n) is 5.16.